The van der Waals surface area contributed by atoms with Gasteiger partial charge in [-0.05, 0) is 5.92 Å². The van der Waals surface area contributed by atoms with Crippen molar-refractivity contribution in [3.8, 4) is 0 Å². The van der Waals surface area contributed by atoms with Gasteiger partial charge in [0, 0.05) is 19.8 Å². The fraction of sp³-hybridized carbons (Fsp3) is 0.500. The molecule has 2 rings (SSSR count). The Morgan fingerprint density at radius 1 is 1.40 bits per heavy atom. The molecule has 0 aliphatic carbocycles. The molecule has 0 aliphatic heterocycles. The van der Waals surface area contributed by atoms with Crippen LogP contribution in [-0.4, -0.2) is 32.4 Å². The van der Waals surface area contributed by atoms with E-state index in [0.29, 0.717) is 17.3 Å². The van der Waals surface area contributed by atoms with Crippen LogP contribution in [0.2, 0.25) is 0 Å². The lowest BCUT2D eigenvalue weighted by molar-refractivity contribution is 0.0697. The molecule has 0 saturated carbocycles. The topological polar surface area (TPSA) is 80.0 Å². The van der Waals surface area contributed by atoms with Crippen LogP contribution in [0.25, 0.3) is 11.0 Å². The van der Waals surface area contributed by atoms with Crippen LogP contribution in [0.4, 0.5) is 5.69 Å². The minimum absolute atomic E-state index is 0.191. The number of aromatic nitrogens is 3. The van der Waals surface area contributed by atoms with Gasteiger partial charge >= 0.3 is 5.97 Å². The number of rotatable bonds is 6. The summed E-state index contributed by atoms with van der Waals surface area (Å²) in [5.41, 5.74) is 1.49. The van der Waals surface area contributed by atoms with Crippen LogP contribution in [0.1, 0.15) is 37.0 Å². The minimum atomic E-state index is -0.977. The Bertz CT molecular complexity index is 617. The van der Waals surface area contributed by atoms with E-state index < -0.39 is 5.97 Å². The van der Waals surface area contributed by atoms with Crippen LogP contribution in [0.5, 0.6) is 0 Å². The number of carboxylic acids is 1. The Kier molecular flexibility index (Phi) is 4.22. The average molecular weight is 276 g/mol. The Morgan fingerprint density at radius 3 is 2.70 bits per heavy atom. The number of anilines is 1. The first-order chi connectivity index (χ1) is 9.58. The van der Waals surface area contributed by atoms with Crippen molar-refractivity contribution in [2.45, 2.75) is 26.7 Å². The Morgan fingerprint density at radius 2 is 2.10 bits per heavy atom. The Labute approximate surface area is 117 Å². The third-order valence-electron chi connectivity index (χ3n) is 3.71. The third-order valence-corrected chi connectivity index (χ3v) is 3.71. The summed E-state index contributed by atoms with van der Waals surface area (Å²) in [5.74, 6) is -0.452. The van der Waals surface area contributed by atoms with Crippen molar-refractivity contribution in [1.29, 1.82) is 0 Å². The molecule has 108 valence electrons. The SMILES string of the molecule is CCC(CC)CNc1c(C(=O)O)cnc2c1cnn2C. The highest BCUT2D eigenvalue weighted by Crippen LogP contribution is 2.26. The first-order valence-corrected chi connectivity index (χ1v) is 6.86. The van der Waals surface area contributed by atoms with Gasteiger partial charge < -0.3 is 10.4 Å². The monoisotopic (exact) mass is 276 g/mol. The van der Waals surface area contributed by atoms with Crippen molar-refractivity contribution in [1.82, 2.24) is 14.8 Å². The molecule has 0 bridgehead atoms. The zero-order valence-corrected chi connectivity index (χ0v) is 12.1. The van der Waals surface area contributed by atoms with E-state index >= 15 is 0 Å². The van der Waals surface area contributed by atoms with Crippen molar-refractivity contribution in [3.63, 3.8) is 0 Å². The lowest BCUT2D eigenvalue weighted by Gasteiger charge is -2.16. The number of fused-ring (bicyclic) bond motifs is 1. The molecule has 2 N–H and O–H groups in total. The predicted octanol–water partition coefficient (Wildman–Crippen LogP) is 2.51. The molecule has 0 atom stereocenters. The van der Waals surface area contributed by atoms with Gasteiger partial charge in [0.15, 0.2) is 5.65 Å². The molecule has 0 saturated heterocycles. The molecule has 6 nitrogen and oxygen atoms in total. The summed E-state index contributed by atoms with van der Waals surface area (Å²) in [4.78, 5) is 15.5. The molecule has 0 spiro atoms. The fourth-order valence-electron chi connectivity index (χ4n) is 2.27. The molecule has 6 heteroatoms. The van der Waals surface area contributed by atoms with Gasteiger partial charge in [-0.2, -0.15) is 5.10 Å². The molecule has 2 heterocycles. The summed E-state index contributed by atoms with van der Waals surface area (Å²) < 4.78 is 1.64. The highest BCUT2D eigenvalue weighted by Gasteiger charge is 2.17. The molecule has 0 fully saturated rings. The zero-order valence-electron chi connectivity index (χ0n) is 12.1. The second-order valence-electron chi connectivity index (χ2n) is 4.92. The smallest absolute Gasteiger partial charge is 0.339 e. The molecular weight excluding hydrogens is 256 g/mol. The molecule has 0 unspecified atom stereocenters. The molecule has 0 aliphatic rings. The second kappa shape index (κ2) is 5.90. The number of nitrogens with zero attached hydrogens (tertiary/aromatic N) is 3. The molecule has 2 aromatic heterocycles. The van der Waals surface area contributed by atoms with Crippen molar-refractivity contribution >= 4 is 22.7 Å². The van der Waals surface area contributed by atoms with Crippen LogP contribution in [0.15, 0.2) is 12.4 Å². The fourth-order valence-corrected chi connectivity index (χ4v) is 2.27. The highest BCUT2D eigenvalue weighted by molar-refractivity contribution is 6.03. The number of nitrogens with one attached hydrogen (secondary N) is 1. The first-order valence-electron chi connectivity index (χ1n) is 6.86. The summed E-state index contributed by atoms with van der Waals surface area (Å²) in [6, 6.07) is 0. The molecule has 0 amide bonds. The summed E-state index contributed by atoms with van der Waals surface area (Å²) in [5, 5.41) is 17.5. The van der Waals surface area contributed by atoms with Gasteiger partial charge in [-0.15, -0.1) is 0 Å². The van der Waals surface area contributed by atoms with Gasteiger partial charge in [-0.1, -0.05) is 26.7 Å². The van der Waals surface area contributed by atoms with Gasteiger partial charge in [0.25, 0.3) is 0 Å². The molecule has 2 aromatic rings. The second-order valence-corrected chi connectivity index (χ2v) is 4.92. The number of aromatic carboxylic acids is 1. The molecule has 0 aromatic carbocycles. The van der Waals surface area contributed by atoms with Crippen molar-refractivity contribution in [2.24, 2.45) is 13.0 Å². The standard InChI is InChI=1S/C14H20N4O2/c1-4-9(5-2)6-15-12-10-8-17-18(3)13(10)16-7-11(12)14(19)20/h7-9H,4-6H2,1-3H3,(H,15,16)(H,19,20). The van der Waals surface area contributed by atoms with Crippen molar-refractivity contribution in [3.05, 3.63) is 18.0 Å². The maximum atomic E-state index is 11.3. The Balaban J connectivity index is 2.42. The van der Waals surface area contributed by atoms with E-state index in [1.165, 1.54) is 6.20 Å². The molecule has 20 heavy (non-hydrogen) atoms. The number of aryl methyl sites for hydroxylation is 1. The molecular formula is C14H20N4O2. The zero-order chi connectivity index (χ0) is 14.7. The maximum Gasteiger partial charge on any atom is 0.339 e. The number of carboxylic acid groups (broad SMARTS) is 1. The normalized spacial score (nSPS) is 11.2. The van der Waals surface area contributed by atoms with Gasteiger partial charge in [-0.3, -0.25) is 4.68 Å². The van der Waals surface area contributed by atoms with Crippen LogP contribution >= 0.6 is 0 Å². The number of hydrogen-bond donors (Lipinski definition) is 2. The van der Waals surface area contributed by atoms with Gasteiger partial charge in [0.1, 0.15) is 5.56 Å². The van der Waals surface area contributed by atoms with Crippen molar-refractivity contribution < 1.29 is 9.90 Å². The van der Waals surface area contributed by atoms with Crippen LogP contribution < -0.4 is 5.32 Å². The summed E-state index contributed by atoms with van der Waals surface area (Å²) in [7, 11) is 1.79. The van der Waals surface area contributed by atoms with E-state index in [1.54, 1.807) is 17.9 Å². The number of hydrogen-bond acceptors (Lipinski definition) is 4. The molecule has 0 radical (unpaired) electrons. The summed E-state index contributed by atoms with van der Waals surface area (Å²) in [6.07, 6.45) is 5.17. The lowest BCUT2D eigenvalue weighted by Crippen LogP contribution is -2.15. The number of carbonyl (C=O) groups is 1. The largest absolute Gasteiger partial charge is 0.478 e. The van der Waals surface area contributed by atoms with E-state index in [-0.39, 0.29) is 5.56 Å². The summed E-state index contributed by atoms with van der Waals surface area (Å²) >= 11 is 0. The van der Waals surface area contributed by atoms with E-state index in [4.69, 9.17) is 0 Å². The third kappa shape index (κ3) is 2.59. The maximum absolute atomic E-state index is 11.3. The Hall–Kier alpha value is -2.11. The minimum Gasteiger partial charge on any atom is -0.478 e. The van der Waals surface area contributed by atoms with Crippen molar-refractivity contribution in [2.75, 3.05) is 11.9 Å². The highest BCUT2D eigenvalue weighted by atomic mass is 16.4. The van der Waals surface area contributed by atoms with Gasteiger partial charge in [-0.25, -0.2) is 9.78 Å². The van der Waals surface area contributed by atoms with E-state index in [0.717, 1.165) is 24.8 Å². The van der Waals surface area contributed by atoms with E-state index in [9.17, 15) is 9.90 Å². The average Bonchev–Trinajstić information content (AvgIpc) is 2.81. The van der Waals surface area contributed by atoms with E-state index in [1.807, 2.05) is 0 Å². The van der Waals surface area contributed by atoms with Gasteiger partial charge in [0.2, 0.25) is 0 Å². The van der Waals surface area contributed by atoms with Gasteiger partial charge in [0.05, 0.1) is 17.3 Å². The quantitative estimate of drug-likeness (QED) is 0.847. The lowest BCUT2D eigenvalue weighted by atomic mass is 10.0. The van der Waals surface area contributed by atoms with Crippen LogP contribution in [0, 0.1) is 5.92 Å². The summed E-state index contributed by atoms with van der Waals surface area (Å²) in [6.45, 7) is 5.03. The predicted molar refractivity (Wildman–Crippen MR) is 78.0 cm³/mol. The first kappa shape index (κ1) is 14.3. The van der Waals surface area contributed by atoms with Crippen LogP contribution in [-0.2, 0) is 7.05 Å². The van der Waals surface area contributed by atoms with E-state index in [2.05, 4.69) is 29.2 Å². The van der Waals surface area contributed by atoms with Crippen LogP contribution in [0.3, 0.4) is 0 Å². The number of pyridine rings is 1.